The summed E-state index contributed by atoms with van der Waals surface area (Å²) in [6, 6.07) is 8.53. The Morgan fingerprint density at radius 3 is 2.78 bits per heavy atom. The number of allylic oxidation sites excluding steroid dienone is 2. The first-order chi connectivity index (χ1) is 12.2. The number of carbonyl (C=O) groups is 1. The van der Waals surface area contributed by atoms with Crippen LogP contribution in [0.3, 0.4) is 0 Å². The molecule has 4 nitrogen and oxygen atoms in total. The van der Waals surface area contributed by atoms with Gasteiger partial charge in [-0.2, -0.15) is 0 Å². The average molecular weight is 428 g/mol. The first-order valence-corrected chi connectivity index (χ1v) is 10.1. The van der Waals surface area contributed by atoms with Crippen molar-refractivity contribution < 1.29 is 4.79 Å². The van der Waals surface area contributed by atoms with Crippen molar-refractivity contribution in [3.05, 3.63) is 41.4 Å². The summed E-state index contributed by atoms with van der Waals surface area (Å²) in [6.45, 7) is 4.18. The van der Waals surface area contributed by atoms with E-state index in [0.29, 0.717) is 5.92 Å². The van der Waals surface area contributed by atoms with Crippen molar-refractivity contribution >= 4 is 52.3 Å². The Hall–Kier alpha value is -1.14. The van der Waals surface area contributed by atoms with Gasteiger partial charge in [-0.05, 0) is 50.4 Å². The number of benzene rings is 1. The third kappa shape index (κ3) is 4.83. The van der Waals surface area contributed by atoms with Crippen molar-refractivity contribution in [3.63, 3.8) is 0 Å². The Labute approximate surface area is 177 Å². The molecule has 0 radical (unpaired) electrons. The number of rotatable bonds is 3. The highest BCUT2D eigenvalue weighted by molar-refractivity contribution is 7.18. The Balaban J connectivity index is 0.00000131. The van der Waals surface area contributed by atoms with E-state index in [1.807, 2.05) is 12.1 Å². The van der Waals surface area contributed by atoms with E-state index in [-0.39, 0.29) is 48.6 Å². The van der Waals surface area contributed by atoms with E-state index in [1.165, 1.54) is 4.70 Å². The maximum absolute atomic E-state index is 13.0. The molecule has 1 aliphatic carbocycles. The van der Waals surface area contributed by atoms with Crippen LogP contribution < -0.4 is 10.6 Å². The number of nitrogens with one attached hydrogen (secondary N) is 2. The fraction of sp³-hybridized carbons (Fsp3) is 0.500. The number of fused-ring (bicyclic) bond motifs is 1. The third-order valence-corrected chi connectivity index (χ3v) is 6.68. The Kier molecular flexibility index (Phi) is 8.10. The first kappa shape index (κ1) is 22.2. The van der Waals surface area contributed by atoms with Gasteiger partial charge in [0.15, 0.2) is 0 Å². The van der Waals surface area contributed by atoms with Gasteiger partial charge in [0.2, 0.25) is 5.91 Å². The van der Waals surface area contributed by atoms with Crippen LogP contribution in [0.1, 0.15) is 37.1 Å². The van der Waals surface area contributed by atoms with Gasteiger partial charge < -0.3 is 10.6 Å². The van der Waals surface area contributed by atoms with Crippen molar-refractivity contribution in [2.24, 2.45) is 11.8 Å². The van der Waals surface area contributed by atoms with Crippen molar-refractivity contribution in [3.8, 4) is 0 Å². The molecule has 0 bridgehead atoms. The Morgan fingerprint density at radius 1 is 1.22 bits per heavy atom. The van der Waals surface area contributed by atoms with Gasteiger partial charge >= 0.3 is 0 Å². The summed E-state index contributed by atoms with van der Waals surface area (Å²) in [7, 11) is 0. The second kappa shape index (κ2) is 9.87. The maximum atomic E-state index is 13.0. The summed E-state index contributed by atoms with van der Waals surface area (Å²) in [5.41, 5.74) is 1.04. The van der Waals surface area contributed by atoms with Crippen LogP contribution in [-0.2, 0) is 4.79 Å². The van der Waals surface area contributed by atoms with E-state index in [2.05, 4.69) is 41.8 Å². The third-order valence-electron chi connectivity index (χ3n) is 5.51. The van der Waals surface area contributed by atoms with Crippen LogP contribution in [0.4, 0.5) is 0 Å². The van der Waals surface area contributed by atoms with Gasteiger partial charge in [0, 0.05) is 12.0 Å². The zero-order valence-electron chi connectivity index (χ0n) is 15.4. The smallest absolute Gasteiger partial charge is 0.224 e. The molecule has 1 aromatic heterocycles. The molecular weight excluding hydrogens is 401 g/mol. The van der Waals surface area contributed by atoms with Crippen molar-refractivity contribution in [1.82, 2.24) is 15.6 Å². The summed E-state index contributed by atoms with van der Waals surface area (Å²) in [4.78, 5) is 17.8. The molecule has 1 aromatic carbocycles. The van der Waals surface area contributed by atoms with Crippen molar-refractivity contribution in [2.45, 2.75) is 38.1 Å². The molecule has 2 aromatic rings. The highest BCUT2D eigenvalue weighted by Gasteiger charge is 2.34. The van der Waals surface area contributed by atoms with E-state index < -0.39 is 0 Å². The molecule has 0 saturated carbocycles. The molecule has 1 amide bonds. The number of thiazole rings is 1. The molecule has 2 heterocycles. The lowest BCUT2D eigenvalue weighted by atomic mass is 9.82. The summed E-state index contributed by atoms with van der Waals surface area (Å²) < 4.78 is 1.21. The minimum Gasteiger partial charge on any atom is -0.353 e. The number of hydrogen-bond acceptors (Lipinski definition) is 4. The molecule has 4 atom stereocenters. The highest BCUT2D eigenvalue weighted by Crippen LogP contribution is 2.38. The summed E-state index contributed by atoms with van der Waals surface area (Å²) in [6.07, 6.45) is 7.08. The van der Waals surface area contributed by atoms with Crippen LogP contribution in [0.15, 0.2) is 36.4 Å². The minimum atomic E-state index is -0.00681. The van der Waals surface area contributed by atoms with E-state index >= 15 is 0 Å². The van der Waals surface area contributed by atoms with Crippen LogP contribution in [0, 0.1) is 11.8 Å². The minimum absolute atomic E-state index is 0. The molecule has 4 unspecified atom stereocenters. The molecule has 2 aliphatic rings. The summed E-state index contributed by atoms with van der Waals surface area (Å²) in [5, 5.41) is 7.83. The molecule has 2 N–H and O–H groups in total. The molecule has 1 fully saturated rings. The molecular formula is C20H27Cl2N3OS. The number of aromatic nitrogens is 1. The standard InChI is InChI=1S/C20H25N3OS.2ClH/c1-13-12-21-11-10-16(13)22-19(24)14-6-2-3-7-15(14)20-23-17-8-4-5-9-18(17)25-20;;/h2-5,8-9,13-16,21H,6-7,10-12H2,1H3,(H,22,24);2*1H. The van der Waals surface area contributed by atoms with Crippen LogP contribution in [0.25, 0.3) is 10.2 Å². The van der Waals surface area contributed by atoms with E-state index in [9.17, 15) is 4.79 Å². The van der Waals surface area contributed by atoms with Gasteiger partial charge in [0.25, 0.3) is 0 Å². The van der Waals surface area contributed by atoms with Gasteiger partial charge in [-0.1, -0.05) is 31.2 Å². The van der Waals surface area contributed by atoms with E-state index in [0.717, 1.165) is 42.9 Å². The van der Waals surface area contributed by atoms with Gasteiger partial charge in [0.1, 0.15) is 0 Å². The van der Waals surface area contributed by atoms with Crippen LogP contribution in [0.2, 0.25) is 0 Å². The average Bonchev–Trinajstić information content (AvgIpc) is 3.07. The topological polar surface area (TPSA) is 54.0 Å². The molecule has 27 heavy (non-hydrogen) atoms. The number of hydrogen-bond donors (Lipinski definition) is 2. The summed E-state index contributed by atoms with van der Waals surface area (Å²) in [5.74, 6) is 0.872. The molecule has 1 aliphatic heterocycles. The number of nitrogens with zero attached hydrogens (tertiary/aromatic N) is 1. The first-order valence-electron chi connectivity index (χ1n) is 9.24. The summed E-state index contributed by atoms with van der Waals surface area (Å²) >= 11 is 1.74. The normalized spacial score (nSPS) is 27.4. The van der Waals surface area contributed by atoms with Gasteiger partial charge in [0.05, 0.1) is 21.1 Å². The Morgan fingerprint density at radius 2 is 2.00 bits per heavy atom. The molecule has 148 valence electrons. The quantitative estimate of drug-likeness (QED) is 0.717. The predicted octanol–water partition coefficient (Wildman–Crippen LogP) is 4.30. The number of halogens is 2. The molecule has 0 spiro atoms. The SMILES string of the molecule is CC1CNCCC1NC(=O)C1CC=CCC1c1nc2ccccc2s1.Cl.Cl. The van der Waals surface area contributed by atoms with Gasteiger partial charge in [-0.3, -0.25) is 4.79 Å². The second-order valence-electron chi connectivity index (χ2n) is 7.26. The van der Waals surface area contributed by atoms with Gasteiger partial charge in [-0.25, -0.2) is 4.98 Å². The monoisotopic (exact) mass is 427 g/mol. The second-order valence-corrected chi connectivity index (χ2v) is 8.32. The fourth-order valence-corrected chi connectivity index (χ4v) is 5.09. The van der Waals surface area contributed by atoms with Crippen LogP contribution in [-0.4, -0.2) is 30.0 Å². The Bertz CT molecular complexity index is 761. The van der Waals surface area contributed by atoms with Crippen molar-refractivity contribution in [2.75, 3.05) is 13.1 Å². The van der Waals surface area contributed by atoms with E-state index in [1.54, 1.807) is 11.3 Å². The largest absolute Gasteiger partial charge is 0.353 e. The zero-order valence-corrected chi connectivity index (χ0v) is 17.8. The number of amides is 1. The lowest BCUT2D eigenvalue weighted by Crippen LogP contribution is -2.50. The molecule has 7 heteroatoms. The van der Waals surface area contributed by atoms with Crippen LogP contribution in [0.5, 0.6) is 0 Å². The predicted molar refractivity (Wildman–Crippen MR) is 117 cm³/mol. The number of carbonyl (C=O) groups excluding carboxylic acids is 1. The highest BCUT2D eigenvalue weighted by atomic mass is 35.5. The molecule has 4 rings (SSSR count). The zero-order chi connectivity index (χ0) is 17.2. The number of para-hydroxylation sites is 1. The fourth-order valence-electron chi connectivity index (χ4n) is 3.94. The maximum Gasteiger partial charge on any atom is 0.224 e. The van der Waals surface area contributed by atoms with Gasteiger partial charge in [-0.15, -0.1) is 36.2 Å². The lowest BCUT2D eigenvalue weighted by molar-refractivity contribution is -0.127. The van der Waals surface area contributed by atoms with Crippen LogP contribution >= 0.6 is 36.2 Å². The number of piperidine rings is 1. The van der Waals surface area contributed by atoms with E-state index in [4.69, 9.17) is 4.98 Å². The van der Waals surface area contributed by atoms with Crippen molar-refractivity contribution in [1.29, 1.82) is 0 Å². The lowest BCUT2D eigenvalue weighted by Gasteiger charge is -2.33. The molecule has 1 saturated heterocycles.